The van der Waals surface area contributed by atoms with Gasteiger partial charge >= 0.3 is 0 Å². The van der Waals surface area contributed by atoms with Crippen LogP contribution < -0.4 is 15.0 Å². The van der Waals surface area contributed by atoms with E-state index in [0.717, 1.165) is 24.5 Å². The van der Waals surface area contributed by atoms with Gasteiger partial charge in [-0.3, -0.25) is 9.59 Å². The van der Waals surface area contributed by atoms with Crippen molar-refractivity contribution in [1.29, 1.82) is 0 Å². The van der Waals surface area contributed by atoms with Crippen LogP contribution in [0.2, 0.25) is 0 Å². The Morgan fingerprint density at radius 1 is 0.962 bits per heavy atom. The molecule has 0 saturated carbocycles. The molecular weight excluding hydrogens is 330 g/mol. The van der Waals surface area contributed by atoms with Crippen LogP contribution in [0.4, 0.5) is 5.69 Å². The Morgan fingerprint density at radius 2 is 1.62 bits per heavy atom. The predicted molar refractivity (Wildman–Crippen MR) is 101 cm³/mol. The summed E-state index contributed by atoms with van der Waals surface area (Å²) in [5, 5.41) is 2.69. The van der Waals surface area contributed by atoms with Gasteiger partial charge in [0.25, 0.3) is 5.91 Å². The van der Waals surface area contributed by atoms with E-state index in [9.17, 15) is 9.59 Å². The summed E-state index contributed by atoms with van der Waals surface area (Å²) in [6.45, 7) is 2.85. The first-order valence-corrected chi connectivity index (χ1v) is 8.67. The molecule has 0 unspecified atom stereocenters. The number of benzene rings is 2. The lowest BCUT2D eigenvalue weighted by atomic mass is 10.2. The summed E-state index contributed by atoms with van der Waals surface area (Å²) in [5.41, 5.74) is 1.68. The van der Waals surface area contributed by atoms with Gasteiger partial charge in [0.05, 0.1) is 13.7 Å². The van der Waals surface area contributed by atoms with Gasteiger partial charge in [-0.2, -0.15) is 0 Å². The smallest absolute Gasteiger partial charge is 0.251 e. The second-order valence-electron chi connectivity index (χ2n) is 6.11. The average Bonchev–Trinajstić information content (AvgIpc) is 2.72. The molecule has 3 rings (SSSR count). The third kappa shape index (κ3) is 4.33. The first-order valence-electron chi connectivity index (χ1n) is 8.67. The van der Waals surface area contributed by atoms with Gasteiger partial charge in [-0.05, 0) is 36.4 Å². The quantitative estimate of drug-likeness (QED) is 0.890. The summed E-state index contributed by atoms with van der Waals surface area (Å²) >= 11 is 0. The van der Waals surface area contributed by atoms with Gasteiger partial charge in [0.2, 0.25) is 5.91 Å². The Hall–Kier alpha value is -3.02. The molecule has 1 fully saturated rings. The summed E-state index contributed by atoms with van der Waals surface area (Å²) in [6.07, 6.45) is 0. The molecule has 6 heteroatoms. The number of amides is 2. The topological polar surface area (TPSA) is 61.9 Å². The molecule has 1 aliphatic heterocycles. The van der Waals surface area contributed by atoms with Crippen LogP contribution in [0.5, 0.6) is 5.75 Å². The van der Waals surface area contributed by atoms with E-state index in [1.807, 2.05) is 30.3 Å². The number of nitrogens with zero attached hydrogens (tertiary/aromatic N) is 2. The van der Waals surface area contributed by atoms with Gasteiger partial charge in [-0.25, -0.2) is 0 Å². The molecule has 2 aromatic rings. The number of carbonyl (C=O) groups is 2. The molecule has 0 atom stereocenters. The molecule has 6 nitrogen and oxygen atoms in total. The number of methoxy groups -OCH3 is 1. The van der Waals surface area contributed by atoms with Crippen LogP contribution in [-0.2, 0) is 4.79 Å². The minimum absolute atomic E-state index is 0.0241. The largest absolute Gasteiger partial charge is 0.497 e. The third-order valence-electron chi connectivity index (χ3n) is 4.51. The van der Waals surface area contributed by atoms with Crippen molar-refractivity contribution in [3.8, 4) is 5.75 Å². The van der Waals surface area contributed by atoms with Crippen LogP contribution in [0.1, 0.15) is 10.4 Å². The lowest BCUT2D eigenvalue weighted by Crippen LogP contribution is -2.51. The van der Waals surface area contributed by atoms with Crippen LogP contribution in [0.15, 0.2) is 54.6 Å². The molecule has 0 aliphatic carbocycles. The van der Waals surface area contributed by atoms with Crippen LogP contribution >= 0.6 is 0 Å². The molecular formula is C20H23N3O3. The van der Waals surface area contributed by atoms with Crippen LogP contribution in [0.3, 0.4) is 0 Å². The van der Waals surface area contributed by atoms with Crippen molar-refractivity contribution in [1.82, 2.24) is 10.2 Å². The SMILES string of the molecule is COc1ccc(N2CCN(C(=O)CNC(=O)c3ccccc3)CC2)cc1. The van der Waals surface area contributed by atoms with Gasteiger partial charge in [0, 0.05) is 37.4 Å². The number of anilines is 1. The molecule has 0 bridgehead atoms. The molecule has 1 heterocycles. The number of rotatable bonds is 5. The Balaban J connectivity index is 1.46. The highest BCUT2D eigenvalue weighted by Gasteiger charge is 2.21. The molecule has 1 N–H and O–H groups in total. The lowest BCUT2D eigenvalue weighted by molar-refractivity contribution is -0.130. The van der Waals surface area contributed by atoms with Gasteiger partial charge < -0.3 is 19.9 Å². The van der Waals surface area contributed by atoms with Crippen molar-refractivity contribution in [3.05, 3.63) is 60.2 Å². The molecule has 1 aliphatic rings. The highest BCUT2D eigenvalue weighted by molar-refractivity contribution is 5.96. The molecule has 26 heavy (non-hydrogen) atoms. The number of nitrogens with one attached hydrogen (secondary N) is 1. The fraction of sp³-hybridized carbons (Fsp3) is 0.300. The van der Waals surface area contributed by atoms with E-state index in [0.29, 0.717) is 18.7 Å². The standard InChI is InChI=1S/C20H23N3O3/c1-26-18-9-7-17(8-10-18)22-11-13-23(14-12-22)19(24)15-21-20(25)16-5-3-2-4-6-16/h2-10H,11-15H2,1H3,(H,21,25). The molecule has 2 aromatic carbocycles. The summed E-state index contributed by atoms with van der Waals surface area (Å²) in [4.78, 5) is 28.4. The van der Waals surface area contributed by atoms with Crippen molar-refractivity contribution in [2.75, 3.05) is 44.7 Å². The van der Waals surface area contributed by atoms with E-state index in [1.54, 1.807) is 36.3 Å². The molecule has 0 spiro atoms. The average molecular weight is 353 g/mol. The fourth-order valence-corrected chi connectivity index (χ4v) is 2.97. The molecule has 2 amide bonds. The maximum absolute atomic E-state index is 12.3. The van der Waals surface area contributed by atoms with E-state index in [1.165, 1.54) is 0 Å². The zero-order chi connectivity index (χ0) is 18.4. The third-order valence-corrected chi connectivity index (χ3v) is 4.51. The van der Waals surface area contributed by atoms with Crippen LogP contribution in [0.25, 0.3) is 0 Å². The minimum Gasteiger partial charge on any atom is -0.497 e. The van der Waals surface area contributed by atoms with Gasteiger partial charge in [0.15, 0.2) is 0 Å². The van der Waals surface area contributed by atoms with E-state index in [2.05, 4.69) is 10.2 Å². The van der Waals surface area contributed by atoms with Crippen molar-refractivity contribution >= 4 is 17.5 Å². The highest BCUT2D eigenvalue weighted by atomic mass is 16.5. The summed E-state index contributed by atoms with van der Waals surface area (Å²) in [7, 11) is 1.65. The van der Waals surface area contributed by atoms with E-state index in [-0.39, 0.29) is 18.4 Å². The number of ether oxygens (including phenoxy) is 1. The van der Waals surface area contributed by atoms with Gasteiger partial charge in [0.1, 0.15) is 5.75 Å². The van der Waals surface area contributed by atoms with E-state index >= 15 is 0 Å². The van der Waals surface area contributed by atoms with Crippen molar-refractivity contribution in [2.24, 2.45) is 0 Å². The zero-order valence-electron chi connectivity index (χ0n) is 14.9. The predicted octanol–water partition coefficient (Wildman–Crippen LogP) is 1.77. The van der Waals surface area contributed by atoms with Crippen molar-refractivity contribution < 1.29 is 14.3 Å². The molecule has 136 valence electrons. The van der Waals surface area contributed by atoms with E-state index in [4.69, 9.17) is 4.74 Å². The highest BCUT2D eigenvalue weighted by Crippen LogP contribution is 2.20. The second kappa shape index (κ2) is 8.38. The lowest BCUT2D eigenvalue weighted by Gasteiger charge is -2.36. The monoisotopic (exact) mass is 353 g/mol. The van der Waals surface area contributed by atoms with Crippen LogP contribution in [-0.4, -0.2) is 56.5 Å². The minimum atomic E-state index is -0.226. The Morgan fingerprint density at radius 3 is 2.23 bits per heavy atom. The first kappa shape index (κ1) is 17.8. The molecule has 0 aromatic heterocycles. The van der Waals surface area contributed by atoms with E-state index < -0.39 is 0 Å². The second-order valence-corrected chi connectivity index (χ2v) is 6.11. The zero-order valence-corrected chi connectivity index (χ0v) is 14.9. The van der Waals surface area contributed by atoms with Gasteiger partial charge in [-0.15, -0.1) is 0 Å². The summed E-state index contributed by atoms with van der Waals surface area (Å²) in [6, 6.07) is 16.8. The number of hydrogen-bond donors (Lipinski definition) is 1. The summed E-state index contributed by atoms with van der Waals surface area (Å²) < 4.78 is 5.18. The Kier molecular flexibility index (Phi) is 5.73. The normalized spacial score (nSPS) is 14.0. The number of hydrogen-bond acceptors (Lipinski definition) is 4. The Bertz CT molecular complexity index is 739. The molecule has 0 radical (unpaired) electrons. The van der Waals surface area contributed by atoms with Crippen molar-refractivity contribution in [3.63, 3.8) is 0 Å². The van der Waals surface area contributed by atoms with Gasteiger partial charge in [-0.1, -0.05) is 18.2 Å². The van der Waals surface area contributed by atoms with Crippen LogP contribution in [0, 0.1) is 0 Å². The maximum Gasteiger partial charge on any atom is 0.251 e. The van der Waals surface area contributed by atoms with Crippen molar-refractivity contribution in [2.45, 2.75) is 0 Å². The Labute approximate surface area is 153 Å². The number of carbonyl (C=O) groups excluding carboxylic acids is 2. The maximum atomic E-state index is 12.3. The number of piperazine rings is 1. The summed E-state index contributed by atoms with van der Waals surface area (Å²) in [5.74, 6) is 0.552. The first-order chi connectivity index (χ1) is 12.7. The molecule has 1 saturated heterocycles. The fourth-order valence-electron chi connectivity index (χ4n) is 2.97.